The van der Waals surface area contributed by atoms with Crippen molar-refractivity contribution in [3.63, 3.8) is 0 Å². The summed E-state index contributed by atoms with van der Waals surface area (Å²) in [6.07, 6.45) is 0. The predicted molar refractivity (Wildman–Crippen MR) is 27.9 cm³/mol. The molecule has 0 spiro atoms. The maximum absolute atomic E-state index is 10.0. The highest BCUT2D eigenvalue weighted by molar-refractivity contribution is 6.22. The summed E-state index contributed by atoms with van der Waals surface area (Å²) in [7, 11) is 0. The molecule has 0 rings (SSSR count). The lowest BCUT2D eigenvalue weighted by atomic mass is 10.7. The lowest BCUT2D eigenvalue weighted by Crippen LogP contribution is -2.23. The number of halogens is 2. The molecule has 0 saturated heterocycles. The molecule has 0 atom stereocenters. The molecule has 0 heterocycles. The van der Waals surface area contributed by atoms with E-state index in [1.165, 1.54) is 0 Å². The number of hydrogen-bond acceptors (Lipinski definition) is 2. The Morgan fingerprint density at radius 3 is 2.29 bits per heavy atom. The molecule has 0 aliphatic rings. The van der Waals surface area contributed by atoms with Crippen molar-refractivity contribution in [3.05, 3.63) is 0 Å². The van der Waals surface area contributed by atoms with Gasteiger partial charge >= 0.3 is 0 Å². The van der Waals surface area contributed by atoms with Crippen molar-refractivity contribution in [2.45, 2.75) is 0 Å². The molecule has 0 aromatic heterocycles. The summed E-state index contributed by atoms with van der Waals surface area (Å²) >= 11 is 9.74. The van der Waals surface area contributed by atoms with E-state index in [0.29, 0.717) is 0 Å². The van der Waals surface area contributed by atoms with Crippen LogP contribution in [0.25, 0.3) is 0 Å². The molecule has 0 radical (unpaired) electrons. The Bertz CT molecular complexity index is 66.7. The molecule has 0 aliphatic carbocycles. The minimum atomic E-state index is -0.350. The van der Waals surface area contributed by atoms with Crippen LogP contribution in [0.1, 0.15) is 0 Å². The van der Waals surface area contributed by atoms with Crippen LogP contribution < -0.4 is 9.67 Å². The highest BCUT2D eigenvalue weighted by Gasteiger charge is 1.92. The fourth-order valence-corrected chi connectivity index (χ4v) is 0.282. The molecular formula is C2H4Cl2N2O. The summed E-state index contributed by atoms with van der Waals surface area (Å²) in [6.45, 7) is 0.0328. The van der Waals surface area contributed by atoms with Crippen LogP contribution in [0.15, 0.2) is 0 Å². The molecule has 0 fully saturated rings. The SMILES string of the molecule is O=C(CNCl)NCl. The van der Waals surface area contributed by atoms with E-state index in [-0.39, 0.29) is 12.5 Å². The van der Waals surface area contributed by atoms with Crippen molar-refractivity contribution in [2.75, 3.05) is 6.54 Å². The summed E-state index contributed by atoms with van der Waals surface area (Å²) in [6, 6.07) is 0. The van der Waals surface area contributed by atoms with E-state index in [1.807, 2.05) is 4.84 Å². The minimum absolute atomic E-state index is 0.0328. The summed E-state index contributed by atoms with van der Waals surface area (Å²) in [5.74, 6) is -0.350. The third-order valence-corrected chi connectivity index (χ3v) is 0.677. The molecule has 3 nitrogen and oxygen atoms in total. The Morgan fingerprint density at radius 2 is 2.14 bits per heavy atom. The summed E-state index contributed by atoms with van der Waals surface area (Å²) < 4.78 is 0. The molecule has 42 valence electrons. The fourth-order valence-electron chi connectivity index (χ4n) is 0.0941. The normalized spacial score (nSPS) is 8.29. The molecule has 2 N–H and O–H groups in total. The first-order valence-electron chi connectivity index (χ1n) is 1.54. The van der Waals surface area contributed by atoms with Gasteiger partial charge in [-0.15, -0.1) is 0 Å². The number of carbonyl (C=O) groups is 1. The second kappa shape index (κ2) is 4.18. The van der Waals surface area contributed by atoms with Gasteiger partial charge in [-0.3, -0.25) is 9.63 Å². The summed E-state index contributed by atoms with van der Waals surface area (Å²) in [5, 5.41) is 0. The average molecular weight is 143 g/mol. The molecule has 0 aromatic rings. The van der Waals surface area contributed by atoms with Crippen LogP contribution in [0.3, 0.4) is 0 Å². The number of hydrogen-bond donors (Lipinski definition) is 2. The lowest BCUT2D eigenvalue weighted by molar-refractivity contribution is -0.118. The number of amides is 1. The Labute approximate surface area is 51.2 Å². The van der Waals surface area contributed by atoms with E-state index in [1.54, 1.807) is 0 Å². The Balaban J connectivity index is 3.00. The highest BCUT2D eigenvalue weighted by atomic mass is 35.5. The van der Waals surface area contributed by atoms with Crippen molar-refractivity contribution in [1.29, 1.82) is 0 Å². The Hall–Kier alpha value is 0.01000. The second-order valence-electron chi connectivity index (χ2n) is 0.828. The Morgan fingerprint density at radius 1 is 1.57 bits per heavy atom. The van der Waals surface area contributed by atoms with Crippen LogP contribution in [0.4, 0.5) is 0 Å². The van der Waals surface area contributed by atoms with Crippen LogP contribution in [0, 0.1) is 0 Å². The van der Waals surface area contributed by atoms with Crippen molar-refractivity contribution < 1.29 is 4.79 Å². The van der Waals surface area contributed by atoms with E-state index in [9.17, 15) is 4.79 Å². The van der Waals surface area contributed by atoms with Gasteiger partial charge in [0.05, 0.1) is 6.54 Å². The number of nitrogens with one attached hydrogen (secondary N) is 2. The standard InChI is InChI=1S/C2H4Cl2N2O/c3-5-1-2(7)6-4/h5H,1H2,(H,6,7). The molecule has 0 unspecified atom stereocenters. The first-order chi connectivity index (χ1) is 3.31. The average Bonchev–Trinajstić information content (AvgIpc) is 1.68. The van der Waals surface area contributed by atoms with Gasteiger partial charge < -0.3 is 0 Å². The monoisotopic (exact) mass is 142 g/mol. The second-order valence-corrected chi connectivity index (χ2v) is 1.28. The largest absolute Gasteiger partial charge is 0.272 e. The molecule has 0 saturated carbocycles. The van der Waals surface area contributed by atoms with Gasteiger partial charge in [0.15, 0.2) is 0 Å². The molecule has 5 heteroatoms. The fraction of sp³-hybridized carbons (Fsp3) is 0.500. The Kier molecular flexibility index (Phi) is 4.18. The van der Waals surface area contributed by atoms with E-state index < -0.39 is 0 Å². The van der Waals surface area contributed by atoms with E-state index in [0.717, 1.165) is 0 Å². The van der Waals surface area contributed by atoms with Crippen LogP contribution in [0.2, 0.25) is 0 Å². The molecular weight excluding hydrogens is 139 g/mol. The van der Waals surface area contributed by atoms with Crippen molar-refractivity contribution in [3.8, 4) is 0 Å². The van der Waals surface area contributed by atoms with E-state index in [2.05, 4.69) is 4.84 Å². The third kappa shape index (κ3) is 3.85. The van der Waals surface area contributed by atoms with E-state index in [4.69, 9.17) is 23.6 Å². The van der Waals surface area contributed by atoms with Gasteiger partial charge in [0.25, 0.3) is 0 Å². The van der Waals surface area contributed by atoms with Gasteiger partial charge in [0.2, 0.25) is 5.91 Å². The molecule has 7 heavy (non-hydrogen) atoms. The molecule has 1 amide bonds. The maximum Gasteiger partial charge on any atom is 0.249 e. The van der Waals surface area contributed by atoms with Gasteiger partial charge in [-0.1, -0.05) is 0 Å². The molecule has 0 aliphatic heterocycles. The molecule has 0 bridgehead atoms. The van der Waals surface area contributed by atoms with Crippen LogP contribution in [0.5, 0.6) is 0 Å². The van der Waals surface area contributed by atoms with Gasteiger partial charge in [-0.2, -0.15) is 0 Å². The van der Waals surface area contributed by atoms with Crippen LogP contribution in [-0.4, -0.2) is 12.5 Å². The topological polar surface area (TPSA) is 41.1 Å². The van der Waals surface area contributed by atoms with E-state index >= 15 is 0 Å². The smallest absolute Gasteiger partial charge is 0.249 e. The summed E-state index contributed by atoms with van der Waals surface area (Å²) in [5.41, 5.74) is 0. The van der Waals surface area contributed by atoms with Crippen LogP contribution >= 0.6 is 23.6 Å². The lowest BCUT2D eigenvalue weighted by Gasteiger charge is -1.89. The number of rotatable bonds is 2. The highest BCUT2D eigenvalue weighted by Crippen LogP contribution is 1.66. The van der Waals surface area contributed by atoms with Gasteiger partial charge in [0.1, 0.15) is 0 Å². The minimum Gasteiger partial charge on any atom is -0.272 e. The number of carbonyl (C=O) groups excluding carboxylic acids is 1. The first kappa shape index (κ1) is 7.01. The van der Waals surface area contributed by atoms with Crippen molar-refractivity contribution in [2.24, 2.45) is 0 Å². The predicted octanol–water partition coefficient (Wildman–Crippen LogP) is -0.000200. The summed E-state index contributed by atoms with van der Waals surface area (Å²) in [4.78, 5) is 14.0. The zero-order valence-corrected chi connectivity index (χ0v) is 4.88. The van der Waals surface area contributed by atoms with Crippen molar-refractivity contribution in [1.82, 2.24) is 9.67 Å². The third-order valence-electron chi connectivity index (χ3n) is 0.333. The molecule has 0 aromatic carbocycles. The van der Waals surface area contributed by atoms with Crippen LogP contribution in [-0.2, 0) is 4.79 Å². The van der Waals surface area contributed by atoms with Gasteiger partial charge in [0, 0.05) is 11.8 Å². The zero-order chi connectivity index (χ0) is 5.70. The van der Waals surface area contributed by atoms with Gasteiger partial charge in [-0.25, -0.2) is 4.84 Å². The maximum atomic E-state index is 10.0. The quantitative estimate of drug-likeness (QED) is 0.534. The van der Waals surface area contributed by atoms with Gasteiger partial charge in [-0.05, 0) is 11.8 Å². The van der Waals surface area contributed by atoms with Crippen molar-refractivity contribution >= 4 is 29.5 Å². The zero-order valence-electron chi connectivity index (χ0n) is 3.37. The first-order valence-corrected chi connectivity index (χ1v) is 2.30.